The number of carboxylic acids is 1. The molecule has 3 rings (SSSR count). The molecule has 0 amide bonds. The van der Waals surface area contributed by atoms with Crippen molar-refractivity contribution in [2.45, 2.75) is 18.8 Å². The number of nitrogens with zero attached hydrogens (tertiary/aromatic N) is 1. The maximum atomic E-state index is 13.6. The maximum Gasteiger partial charge on any atom is 0.373 e. The quantitative estimate of drug-likeness (QED) is 0.925. The summed E-state index contributed by atoms with van der Waals surface area (Å²) in [6.45, 7) is 0. The van der Waals surface area contributed by atoms with Crippen molar-refractivity contribution in [1.82, 2.24) is 4.98 Å². The second-order valence-electron chi connectivity index (χ2n) is 4.44. The Bertz CT molecular complexity index is 662. The third-order valence-electron chi connectivity index (χ3n) is 2.97. The van der Waals surface area contributed by atoms with E-state index in [1.165, 1.54) is 6.07 Å². The highest BCUT2D eigenvalue weighted by Crippen LogP contribution is 2.42. The number of halogens is 2. The molecular weight excluding hydrogens is 256 g/mol. The topological polar surface area (TPSA) is 63.3 Å². The molecule has 0 saturated heterocycles. The van der Waals surface area contributed by atoms with Crippen LogP contribution >= 0.6 is 0 Å². The number of oxazole rings is 1. The molecule has 6 heteroatoms. The van der Waals surface area contributed by atoms with Crippen LogP contribution in [0.25, 0.3) is 11.5 Å². The number of carbonyl (C=O) groups is 1. The highest BCUT2D eigenvalue weighted by molar-refractivity contribution is 5.86. The summed E-state index contributed by atoms with van der Waals surface area (Å²) in [4.78, 5) is 15.1. The lowest BCUT2D eigenvalue weighted by Gasteiger charge is -1.97. The first kappa shape index (κ1) is 11.8. The summed E-state index contributed by atoms with van der Waals surface area (Å²) < 4.78 is 31.5. The smallest absolute Gasteiger partial charge is 0.373 e. The van der Waals surface area contributed by atoms with Gasteiger partial charge in [-0.2, -0.15) is 0 Å². The van der Waals surface area contributed by atoms with Crippen molar-refractivity contribution in [1.29, 1.82) is 0 Å². The Kier molecular flexibility index (Phi) is 2.58. The van der Waals surface area contributed by atoms with Gasteiger partial charge < -0.3 is 9.52 Å². The molecule has 1 N–H and O–H groups in total. The minimum Gasteiger partial charge on any atom is -0.475 e. The van der Waals surface area contributed by atoms with Crippen LogP contribution in [0.1, 0.15) is 35.0 Å². The van der Waals surface area contributed by atoms with Crippen molar-refractivity contribution in [3.05, 3.63) is 41.3 Å². The standard InChI is InChI=1S/C13H9F2NO3/c14-7-3-4-8(9(15)5-7)12-16-10(6-1-2-6)11(19-12)13(17)18/h3-6H,1-2H2,(H,17,18). The minimum atomic E-state index is -1.23. The molecule has 2 aromatic rings. The summed E-state index contributed by atoms with van der Waals surface area (Å²) in [5, 5.41) is 9.03. The summed E-state index contributed by atoms with van der Waals surface area (Å²) >= 11 is 0. The van der Waals surface area contributed by atoms with Crippen molar-refractivity contribution in [3.63, 3.8) is 0 Å². The molecular formula is C13H9F2NO3. The number of hydrogen-bond acceptors (Lipinski definition) is 3. The Morgan fingerprint density at radius 3 is 2.68 bits per heavy atom. The van der Waals surface area contributed by atoms with Gasteiger partial charge in [0, 0.05) is 12.0 Å². The normalized spacial score (nSPS) is 14.6. The average molecular weight is 265 g/mol. The minimum absolute atomic E-state index is 0.0456. The molecule has 1 fully saturated rings. The number of rotatable bonds is 3. The molecule has 0 spiro atoms. The fourth-order valence-electron chi connectivity index (χ4n) is 1.90. The van der Waals surface area contributed by atoms with Crippen LogP contribution in [0.15, 0.2) is 22.6 Å². The van der Waals surface area contributed by atoms with E-state index in [-0.39, 0.29) is 23.1 Å². The Morgan fingerprint density at radius 1 is 1.37 bits per heavy atom. The van der Waals surface area contributed by atoms with Crippen molar-refractivity contribution >= 4 is 5.97 Å². The van der Waals surface area contributed by atoms with Crippen molar-refractivity contribution < 1.29 is 23.1 Å². The highest BCUT2D eigenvalue weighted by Gasteiger charge is 2.34. The fourth-order valence-corrected chi connectivity index (χ4v) is 1.90. The molecule has 0 bridgehead atoms. The zero-order valence-electron chi connectivity index (χ0n) is 9.69. The fraction of sp³-hybridized carbons (Fsp3) is 0.231. The number of benzene rings is 1. The predicted molar refractivity (Wildman–Crippen MR) is 60.8 cm³/mol. The molecule has 0 aliphatic heterocycles. The molecule has 1 aromatic heterocycles. The second-order valence-corrected chi connectivity index (χ2v) is 4.44. The van der Waals surface area contributed by atoms with Crippen molar-refractivity contribution in [2.24, 2.45) is 0 Å². The van der Waals surface area contributed by atoms with E-state index in [0.29, 0.717) is 11.8 Å². The monoisotopic (exact) mass is 265 g/mol. The molecule has 0 radical (unpaired) electrons. The van der Waals surface area contributed by atoms with Gasteiger partial charge in [-0.3, -0.25) is 0 Å². The Balaban J connectivity index is 2.10. The van der Waals surface area contributed by atoms with E-state index in [2.05, 4.69) is 4.98 Å². The summed E-state index contributed by atoms with van der Waals surface area (Å²) in [5.74, 6) is -3.11. The average Bonchev–Trinajstić information content (AvgIpc) is 3.09. The van der Waals surface area contributed by atoms with Crippen LogP contribution in [0.2, 0.25) is 0 Å². The van der Waals surface area contributed by atoms with Gasteiger partial charge in [-0.25, -0.2) is 18.6 Å². The van der Waals surface area contributed by atoms with Gasteiger partial charge in [0.1, 0.15) is 11.6 Å². The third-order valence-corrected chi connectivity index (χ3v) is 2.97. The molecule has 0 atom stereocenters. The first-order valence-electron chi connectivity index (χ1n) is 5.75. The molecule has 4 nitrogen and oxygen atoms in total. The van der Waals surface area contributed by atoms with Crippen LogP contribution < -0.4 is 0 Å². The Morgan fingerprint density at radius 2 is 2.11 bits per heavy atom. The van der Waals surface area contributed by atoms with Crippen molar-refractivity contribution in [3.8, 4) is 11.5 Å². The van der Waals surface area contributed by atoms with Gasteiger partial charge in [-0.15, -0.1) is 0 Å². The first-order valence-corrected chi connectivity index (χ1v) is 5.75. The van der Waals surface area contributed by atoms with E-state index >= 15 is 0 Å². The SMILES string of the molecule is O=C(O)c1oc(-c2ccc(F)cc2F)nc1C1CC1. The van der Waals surface area contributed by atoms with E-state index in [0.717, 1.165) is 18.9 Å². The molecule has 0 unspecified atom stereocenters. The molecule has 1 aliphatic carbocycles. The molecule has 1 saturated carbocycles. The van der Waals surface area contributed by atoms with Crippen LogP contribution in [-0.4, -0.2) is 16.1 Å². The first-order chi connectivity index (χ1) is 9.06. The van der Waals surface area contributed by atoms with E-state index in [1.807, 2.05) is 0 Å². The molecule has 1 heterocycles. The summed E-state index contributed by atoms with van der Waals surface area (Å²) in [6, 6.07) is 2.95. The molecule has 19 heavy (non-hydrogen) atoms. The van der Waals surface area contributed by atoms with Gasteiger partial charge in [0.05, 0.1) is 11.3 Å². The lowest BCUT2D eigenvalue weighted by molar-refractivity contribution is 0.0661. The number of carboxylic acid groups (broad SMARTS) is 1. The van der Waals surface area contributed by atoms with Gasteiger partial charge in [-0.05, 0) is 25.0 Å². The Labute approximate surface area is 106 Å². The van der Waals surface area contributed by atoms with Crippen LogP contribution in [-0.2, 0) is 0 Å². The summed E-state index contributed by atoms with van der Waals surface area (Å²) in [5.41, 5.74) is 0.294. The van der Waals surface area contributed by atoms with Gasteiger partial charge in [-0.1, -0.05) is 0 Å². The molecule has 1 aromatic carbocycles. The van der Waals surface area contributed by atoms with E-state index in [9.17, 15) is 13.6 Å². The van der Waals surface area contributed by atoms with E-state index in [4.69, 9.17) is 9.52 Å². The molecule has 1 aliphatic rings. The van der Waals surface area contributed by atoms with Gasteiger partial charge >= 0.3 is 5.97 Å². The van der Waals surface area contributed by atoms with Crippen LogP contribution in [0.5, 0.6) is 0 Å². The lowest BCUT2D eigenvalue weighted by atomic mass is 10.2. The number of aromatic nitrogens is 1. The van der Waals surface area contributed by atoms with Crippen LogP contribution in [0.4, 0.5) is 8.78 Å². The number of aromatic carboxylic acids is 1. The van der Waals surface area contributed by atoms with Crippen molar-refractivity contribution in [2.75, 3.05) is 0 Å². The predicted octanol–water partition coefficient (Wildman–Crippen LogP) is 3.20. The van der Waals surface area contributed by atoms with Crippen LogP contribution in [0, 0.1) is 11.6 Å². The highest BCUT2D eigenvalue weighted by atomic mass is 19.1. The van der Waals surface area contributed by atoms with E-state index < -0.39 is 17.6 Å². The van der Waals surface area contributed by atoms with Gasteiger partial charge in [0.15, 0.2) is 0 Å². The second kappa shape index (κ2) is 4.15. The van der Waals surface area contributed by atoms with Crippen LogP contribution in [0.3, 0.4) is 0 Å². The zero-order chi connectivity index (χ0) is 13.6. The number of hydrogen-bond donors (Lipinski definition) is 1. The van der Waals surface area contributed by atoms with Gasteiger partial charge in [0.25, 0.3) is 0 Å². The van der Waals surface area contributed by atoms with Gasteiger partial charge in [0.2, 0.25) is 11.7 Å². The Hall–Kier alpha value is -2.24. The van der Waals surface area contributed by atoms with E-state index in [1.54, 1.807) is 0 Å². The zero-order valence-corrected chi connectivity index (χ0v) is 9.69. The summed E-state index contributed by atoms with van der Waals surface area (Å²) in [7, 11) is 0. The maximum absolute atomic E-state index is 13.6. The molecule has 98 valence electrons. The largest absolute Gasteiger partial charge is 0.475 e. The summed E-state index contributed by atoms with van der Waals surface area (Å²) in [6.07, 6.45) is 1.69. The third kappa shape index (κ3) is 2.09. The lowest BCUT2D eigenvalue weighted by Crippen LogP contribution is -1.98.